The molecule has 22 heavy (non-hydrogen) atoms. The van der Waals surface area contributed by atoms with Crippen LogP contribution in [0.2, 0.25) is 0 Å². The van der Waals surface area contributed by atoms with Gasteiger partial charge in [0.2, 0.25) is 11.8 Å². The van der Waals surface area contributed by atoms with Crippen molar-refractivity contribution in [2.24, 2.45) is 5.92 Å². The quantitative estimate of drug-likeness (QED) is 0.809. The molecule has 1 fully saturated rings. The molecular weight excluding hydrogens is 283 g/mol. The maximum Gasteiger partial charge on any atom is 0.242 e. The molecule has 0 aromatic heterocycles. The van der Waals surface area contributed by atoms with E-state index in [0.717, 1.165) is 0 Å². The Bertz CT molecular complexity index is 557. The second-order valence-electron chi connectivity index (χ2n) is 5.73. The van der Waals surface area contributed by atoms with E-state index < -0.39 is 0 Å². The number of carbonyl (C=O) groups excluding carboxylic acids is 2. The van der Waals surface area contributed by atoms with E-state index in [1.54, 1.807) is 30.1 Å². The highest BCUT2D eigenvalue weighted by Gasteiger charge is 2.46. The number of halogens is 1. The number of rotatable bonds is 6. The predicted octanol–water partition coefficient (Wildman–Crippen LogP) is 2.26. The van der Waals surface area contributed by atoms with E-state index in [1.165, 1.54) is 11.0 Å². The zero-order chi connectivity index (χ0) is 16.3. The van der Waals surface area contributed by atoms with Crippen molar-refractivity contribution in [2.75, 3.05) is 26.7 Å². The zero-order valence-electron chi connectivity index (χ0n) is 13.4. The van der Waals surface area contributed by atoms with E-state index >= 15 is 0 Å². The summed E-state index contributed by atoms with van der Waals surface area (Å²) in [6.45, 7) is 5.19. The molecule has 1 aromatic rings. The first-order valence-corrected chi connectivity index (χ1v) is 7.76. The van der Waals surface area contributed by atoms with Crippen LogP contribution in [0.25, 0.3) is 0 Å². The normalized spacial score (nSPS) is 19.6. The first kappa shape index (κ1) is 16.5. The van der Waals surface area contributed by atoms with Crippen LogP contribution in [0.4, 0.5) is 4.39 Å². The molecule has 5 heteroatoms. The first-order valence-electron chi connectivity index (χ1n) is 7.76. The minimum absolute atomic E-state index is 0.0519. The number of hydrogen-bond acceptors (Lipinski definition) is 2. The maximum absolute atomic E-state index is 13.7. The van der Waals surface area contributed by atoms with Crippen LogP contribution in [-0.4, -0.2) is 48.3 Å². The van der Waals surface area contributed by atoms with Crippen LogP contribution in [0.15, 0.2) is 24.3 Å². The van der Waals surface area contributed by atoms with Crippen LogP contribution in [-0.2, 0) is 9.59 Å². The average Bonchev–Trinajstić information content (AvgIpc) is 3.28. The number of nitrogens with zero attached hydrogens (tertiary/aromatic N) is 2. The van der Waals surface area contributed by atoms with E-state index in [9.17, 15) is 14.0 Å². The van der Waals surface area contributed by atoms with Crippen LogP contribution in [0.3, 0.4) is 0 Å². The number of carbonyl (C=O) groups is 2. The summed E-state index contributed by atoms with van der Waals surface area (Å²) in [5.74, 6) is -0.645. The molecule has 0 saturated heterocycles. The molecule has 2 rings (SSSR count). The van der Waals surface area contributed by atoms with Gasteiger partial charge in [0.25, 0.3) is 0 Å². The van der Waals surface area contributed by atoms with E-state index in [1.807, 2.05) is 13.8 Å². The van der Waals surface area contributed by atoms with Gasteiger partial charge < -0.3 is 9.80 Å². The van der Waals surface area contributed by atoms with Gasteiger partial charge in [-0.2, -0.15) is 0 Å². The Morgan fingerprint density at radius 3 is 2.45 bits per heavy atom. The van der Waals surface area contributed by atoms with Crippen molar-refractivity contribution in [1.82, 2.24) is 9.80 Å². The van der Waals surface area contributed by atoms with Gasteiger partial charge in [0.1, 0.15) is 5.82 Å². The molecule has 1 aromatic carbocycles. The molecule has 2 amide bonds. The van der Waals surface area contributed by atoms with Crippen molar-refractivity contribution in [3.8, 4) is 0 Å². The Morgan fingerprint density at radius 1 is 1.23 bits per heavy atom. The third kappa shape index (κ3) is 3.46. The molecule has 2 atom stereocenters. The lowest BCUT2D eigenvalue weighted by Gasteiger charge is -2.23. The smallest absolute Gasteiger partial charge is 0.242 e. The summed E-state index contributed by atoms with van der Waals surface area (Å²) in [5.41, 5.74) is 0.601. The zero-order valence-corrected chi connectivity index (χ0v) is 13.4. The third-order valence-electron chi connectivity index (χ3n) is 4.28. The van der Waals surface area contributed by atoms with Crippen molar-refractivity contribution in [2.45, 2.75) is 26.2 Å². The summed E-state index contributed by atoms with van der Waals surface area (Å²) in [7, 11) is 1.64. The molecule has 2 unspecified atom stereocenters. The highest BCUT2D eigenvalue weighted by Crippen LogP contribution is 2.49. The van der Waals surface area contributed by atoms with Crippen LogP contribution in [0.5, 0.6) is 0 Å². The van der Waals surface area contributed by atoms with Crippen LogP contribution >= 0.6 is 0 Å². The van der Waals surface area contributed by atoms with Crippen molar-refractivity contribution in [1.29, 1.82) is 0 Å². The second-order valence-corrected chi connectivity index (χ2v) is 5.73. The number of benzene rings is 1. The molecule has 120 valence electrons. The Balaban J connectivity index is 1.93. The molecule has 0 N–H and O–H groups in total. The molecule has 1 saturated carbocycles. The third-order valence-corrected chi connectivity index (χ3v) is 4.28. The minimum atomic E-state index is -0.260. The van der Waals surface area contributed by atoms with Crippen molar-refractivity contribution in [3.05, 3.63) is 35.6 Å². The number of likely N-dealkylation sites (N-methyl/N-ethyl adjacent to an activating group) is 2. The summed E-state index contributed by atoms with van der Waals surface area (Å²) in [4.78, 5) is 27.6. The molecule has 0 radical (unpaired) electrons. The van der Waals surface area contributed by atoms with Crippen molar-refractivity contribution >= 4 is 11.8 Å². The Hall–Kier alpha value is -1.91. The van der Waals surface area contributed by atoms with E-state index in [0.29, 0.717) is 25.1 Å². The molecule has 0 heterocycles. The lowest BCUT2D eigenvalue weighted by Crippen LogP contribution is -2.41. The van der Waals surface area contributed by atoms with Crippen molar-refractivity contribution < 1.29 is 14.0 Å². The minimum Gasteiger partial charge on any atom is -0.342 e. The van der Waals surface area contributed by atoms with E-state index in [-0.39, 0.29) is 36.0 Å². The lowest BCUT2D eigenvalue weighted by atomic mass is 10.1. The first-order chi connectivity index (χ1) is 10.5. The van der Waals surface area contributed by atoms with Gasteiger partial charge >= 0.3 is 0 Å². The number of amides is 2. The van der Waals surface area contributed by atoms with Gasteiger partial charge in [0, 0.05) is 26.1 Å². The predicted molar refractivity (Wildman–Crippen MR) is 82.8 cm³/mol. The summed E-state index contributed by atoms with van der Waals surface area (Å²) >= 11 is 0. The fourth-order valence-corrected chi connectivity index (χ4v) is 2.83. The van der Waals surface area contributed by atoms with Gasteiger partial charge in [-0.1, -0.05) is 18.2 Å². The Labute approximate surface area is 130 Å². The molecule has 1 aliphatic rings. The average molecular weight is 306 g/mol. The second kappa shape index (κ2) is 6.90. The lowest BCUT2D eigenvalue weighted by molar-refractivity contribution is -0.139. The molecular formula is C17H23FN2O2. The molecule has 0 spiro atoms. The largest absolute Gasteiger partial charge is 0.342 e. The van der Waals surface area contributed by atoms with Crippen molar-refractivity contribution in [3.63, 3.8) is 0 Å². The SMILES string of the molecule is CCN(CC)C(=O)CN(C)C(=O)C1CC1c1ccccc1F. The van der Waals surface area contributed by atoms with Gasteiger partial charge in [-0.15, -0.1) is 0 Å². The summed E-state index contributed by atoms with van der Waals surface area (Å²) in [5, 5.41) is 0. The summed E-state index contributed by atoms with van der Waals surface area (Å²) in [6, 6.07) is 6.58. The Kier molecular flexibility index (Phi) is 5.16. The van der Waals surface area contributed by atoms with Gasteiger partial charge in [0.15, 0.2) is 0 Å². The standard InChI is InChI=1S/C17H23FN2O2/c1-4-20(5-2)16(21)11-19(3)17(22)14-10-13(14)12-8-6-7-9-15(12)18/h6-9,13-14H,4-5,10-11H2,1-3H3. The van der Waals surface area contributed by atoms with Crippen LogP contribution in [0, 0.1) is 11.7 Å². The molecule has 0 aliphatic heterocycles. The van der Waals surface area contributed by atoms with Crippen LogP contribution < -0.4 is 0 Å². The highest BCUT2D eigenvalue weighted by atomic mass is 19.1. The topological polar surface area (TPSA) is 40.6 Å². The van der Waals surface area contributed by atoms with E-state index in [2.05, 4.69) is 0 Å². The van der Waals surface area contributed by atoms with Gasteiger partial charge in [-0.05, 0) is 37.8 Å². The van der Waals surface area contributed by atoms with Gasteiger partial charge in [-0.3, -0.25) is 9.59 Å². The van der Waals surface area contributed by atoms with Gasteiger partial charge in [0.05, 0.1) is 6.54 Å². The maximum atomic E-state index is 13.7. The summed E-state index contributed by atoms with van der Waals surface area (Å²) in [6.07, 6.45) is 0.656. The summed E-state index contributed by atoms with van der Waals surface area (Å²) < 4.78 is 13.7. The molecule has 4 nitrogen and oxygen atoms in total. The fraction of sp³-hybridized carbons (Fsp3) is 0.529. The highest BCUT2D eigenvalue weighted by molar-refractivity contribution is 5.88. The Morgan fingerprint density at radius 2 is 1.86 bits per heavy atom. The molecule has 1 aliphatic carbocycles. The monoisotopic (exact) mass is 306 g/mol. The van der Waals surface area contributed by atoms with E-state index in [4.69, 9.17) is 0 Å². The van der Waals surface area contributed by atoms with Crippen LogP contribution in [0.1, 0.15) is 31.7 Å². The number of hydrogen-bond donors (Lipinski definition) is 0. The van der Waals surface area contributed by atoms with Gasteiger partial charge in [-0.25, -0.2) is 4.39 Å². The molecule has 0 bridgehead atoms. The fourth-order valence-electron chi connectivity index (χ4n) is 2.83.